The SMILES string of the molecule is CC[C@H](C)c1ncc(C)s1. The molecule has 0 spiro atoms. The number of nitrogens with zero attached hydrogens (tertiary/aromatic N) is 1. The van der Waals surface area contributed by atoms with Gasteiger partial charge in [-0.15, -0.1) is 11.3 Å². The molecule has 0 unspecified atom stereocenters. The largest absolute Gasteiger partial charge is 0.249 e. The second-order valence-electron chi connectivity index (χ2n) is 2.62. The predicted molar refractivity (Wildman–Crippen MR) is 45.6 cm³/mol. The molecule has 56 valence electrons. The van der Waals surface area contributed by atoms with Crippen LogP contribution >= 0.6 is 11.3 Å². The molecule has 0 aliphatic heterocycles. The zero-order valence-corrected chi connectivity index (χ0v) is 7.53. The van der Waals surface area contributed by atoms with Crippen LogP contribution in [0.2, 0.25) is 0 Å². The molecule has 0 saturated carbocycles. The fraction of sp³-hybridized carbons (Fsp3) is 0.625. The van der Waals surface area contributed by atoms with Crippen LogP contribution < -0.4 is 0 Å². The highest BCUT2D eigenvalue weighted by molar-refractivity contribution is 7.11. The third-order valence-corrected chi connectivity index (χ3v) is 2.82. The number of aryl methyl sites for hydroxylation is 1. The zero-order valence-electron chi connectivity index (χ0n) is 6.72. The smallest absolute Gasteiger partial charge is 0.0955 e. The Labute approximate surface area is 66.1 Å². The van der Waals surface area contributed by atoms with Gasteiger partial charge in [-0.25, -0.2) is 4.98 Å². The van der Waals surface area contributed by atoms with Crippen LogP contribution in [0.5, 0.6) is 0 Å². The van der Waals surface area contributed by atoms with Gasteiger partial charge in [-0.05, 0) is 13.3 Å². The van der Waals surface area contributed by atoms with Crippen molar-refractivity contribution >= 4 is 11.3 Å². The van der Waals surface area contributed by atoms with Crippen molar-refractivity contribution < 1.29 is 0 Å². The van der Waals surface area contributed by atoms with E-state index in [9.17, 15) is 0 Å². The highest BCUT2D eigenvalue weighted by Crippen LogP contribution is 2.22. The van der Waals surface area contributed by atoms with Crippen LogP contribution in [0.25, 0.3) is 0 Å². The first-order valence-corrected chi connectivity index (χ1v) is 4.48. The minimum absolute atomic E-state index is 0.638. The maximum absolute atomic E-state index is 4.31. The summed E-state index contributed by atoms with van der Waals surface area (Å²) in [6.45, 7) is 6.52. The van der Waals surface area contributed by atoms with Crippen molar-refractivity contribution in [1.82, 2.24) is 4.98 Å². The summed E-state index contributed by atoms with van der Waals surface area (Å²) >= 11 is 1.81. The Hall–Kier alpha value is -0.370. The third-order valence-electron chi connectivity index (χ3n) is 1.67. The Morgan fingerprint density at radius 3 is 2.80 bits per heavy atom. The lowest BCUT2D eigenvalue weighted by atomic mass is 10.1. The maximum atomic E-state index is 4.31. The van der Waals surface area contributed by atoms with E-state index in [1.165, 1.54) is 16.3 Å². The molecule has 2 heteroatoms. The van der Waals surface area contributed by atoms with E-state index in [-0.39, 0.29) is 0 Å². The van der Waals surface area contributed by atoms with Crippen LogP contribution in [0.1, 0.15) is 36.1 Å². The van der Waals surface area contributed by atoms with Crippen molar-refractivity contribution in [2.24, 2.45) is 0 Å². The summed E-state index contributed by atoms with van der Waals surface area (Å²) in [6, 6.07) is 0. The molecule has 1 heterocycles. The van der Waals surface area contributed by atoms with Gasteiger partial charge in [-0.2, -0.15) is 0 Å². The van der Waals surface area contributed by atoms with Gasteiger partial charge in [0, 0.05) is 17.0 Å². The second-order valence-corrected chi connectivity index (χ2v) is 3.88. The summed E-state index contributed by atoms with van der Waals surface area (Å²) < 4.78 is 0. The Balaban J connectivity index is 2.74. The Kier molecular flexibility index (Phi) is 2.44. The Morgan fingerprint density at radius 2 is 2.40 bits per heavy atom. The lowest BCUT2D eigenvalue weighted by Crippen LogP contribution is -1.87. The monoisotopic (exact) mass is 155 g/mol. The van der Waals surface area contributed by atoms with Gasteiger partial charge in [-0.1, -0.05) is 13.8 Å². The van der Waals surface area contributed by atoms with Crippen molar-refractivity contribution in [2.75, 3.05) is 0 Å². The molecule has 0 amide bonds. The van der Waals surface area contributed by atoms with E-state index in [0.29, 0.717) is 5.92 Å². The molecule has 1 aromatic heterocycles. The molecular formula is C8H13NS. The number of aromatic nitrogens is 1. The van der Waals surface area contributed by atoms with E-state index >= 15 is 0 Å². The first-order chi connectivity index (χ1) is 4.74. The highest BCUT2D eigenvalue weighted by Gasteiger charge is 2.05. The van der Waals surface area contributed by atoms with E-state index in [1.54, 1.807) is 0 Å². The van der Waals surface area contributed by atoms with Gasteiger partial charge < -0.3 is 0 Å². The van der Waals surface area contributed by atoms with Crippen molar-refractivity contribution in [3.8, 4) is 0 Å². The third kappa shape index (κ3) is 1.57. The van der Waals surface area contributed by atoms with Crippen LogP contribution in [0, 0.1) is 6.92 Å². The summed E-state index contributed by atoms with van der Waals surface area (Å²) in [5.74, 6) is 0.638. The molecule has 0 aliphatic rings. The number of thiazole rings is 1. The predicted octanol–water partition coefficient (Wildman–Crippen LogP) is 2.97. The quantitative estimate of drug-likeness (QED) is 0.640. The molecule has 0 N–H and O–H groups in total. The van der Waals surface area contributed by atoms with E-state index < -0.39 is 0 Å². The molecule has 0 bridgehead atoms. The minimum atomic E-state index is 0.638. The van der Waals surface area contributed by atoms with Gasteiger partial charge in [0.2, 0.25) is 0 Å². The fourth-order valence-corrected chi connectivity index (χ4v) is 1.68. The topological polar surface area (TPSA) is 12.9 Å². The van der Waals surface area contributed by atoms with E-state index in [2.05, 4.69) is 25.8 Å². The standard InChI is InChI=1S/C8H13NS/c1-4-6(2)8-9-5-7(3)10-8/h5-6H,4H2,1-3H3/t6-/m0/s1. The van der Waals surface area contributed by atoms with Crippen LogP contribution in [-0.4, -0.2) is 4.98 Å². The van der Waals surface area contributed by atoms with Gasteiger partial charge in [-0.3, -0.25) is 0 Å². The summed E-state index contributed by atoms with van der Waals surface area (Å²) in [4.78, 5) is 5.62. The maximum Gasteiger partial charge on any atom is 0.0955 e. The summed E-state index contributed by atoms with van der Waals surface area (Å²) in [7, 11) is 0. The molecule has 1 aromatic rings. The zero-order chi connectivity index (χ0) is 7.56. The number of hydrogen-bond donors (Lipinski definition) is 0. The molecule has 0 fully saturated rings. The van der Waals surface area contributed by atoms with Gasteiger partial charge in [0.15, 0.2) is 0 Å². The molecule has 1 nitrogen and oxygen atoms in total. The molecule has 1 atom stereocenters. The van der Waals surface area contributed by atoms with Gasteiger partial charge >= 0.3 is 0 Å². The molecule has 10 heavy (non-hydrogen) atoms. The number of rotatable bonds is 2. The van der Waals surface area contributed by atoms with Crippen molar-refractivity contribution in [3.63, 3.8) is 0 Å². The van der Waals surface area contributed by atoms with Crippen LogP contribution in [-0.2, 0) is 0 Å². The van der Waals surface area contributed by atoms with Gasteiger partial charge in [0.05, 0.1) is 5.01 Å². The Bertz CT molecular complexity index is 205. The highest BCUT2D eigenvalue weighted by atomic mass is 32.1. The van der Waals surface area contributed by atoms with Gasteiger partial charge in [0.1, 0.15) is 0 Å². The summed E-state index contributed by atoms with van der Waals surface area (Å²) in [6.07, 6.45) is 3.14. The van der Waals surface area contributed by atoms with E-state index in [1.807, 2.05) is 17.5 Å². The summed E-state index contributed by atoms with van der Waals surface area (Å²) in [5.41, 5.74) is 0. The first-order valence-electron chi connectivity index (χ1n) is 3.66. The van der Waals surface area contributed by atoms with E-state index in [0.717, 1.165) is 0 Å². The van der Waals surface area contributed by atoms with E-state index in [4.69, 9.17) is 0 Å². The van der Waals surface area contributed by atoms with Gasteiger partial charge in [0.25, 0.3) is 0 Å². The normalized spacial score (nSPS) is 13.5. The van der Waals surface area contributed by atoms with Crippen molar-refractivity contribution in [1.29, 1.82) is 0 Å². The van der Waals surface area contributed by atoms with Crippen LogP contribution in [0.3, 0.4) is 0 Å². The van der Waals surface area contributed by atoms with Crippen LogP contribution in [0.4, 0.5) is 0 Å². The van der Waals surface area contributed by atoms with Crippen molar-refractivity contribution in [2.45, 2.75) is 33.1 Å². The lowest BCUT2D eigenvalue weighted by molar-refractivity contribution is 0.726. The first kappa shape index (κ1) is 7.73. The average molecular weight is 155 g/mol. The molecular weight excluding hydrogens is 142 g/mol. The number of hydrogen-bond acceptors (Lipinski definition) is 2. The average Bonchev–Trinajstić information content (AvgIpc) is 2.34. The molecule has 0 aliphatic carbocycles. The second kappa shape index (κ2) is 3.15. The van der Waals surface area contributed by atoms with Crippen LogP contribution in [0.15, 0.2) is 6.20 Å². The fourth-order valence-electron chi connectivity index (χ4n) is 0.775. The van der Waals surface area contributed by atoms with Crippen molar-refractivity contribution in [3.05, 3.63) is 16.1 Å². The summed E-state index contributed by atoms with van der Waals surface area (Å²) in [5, 5.41) is 1.28. The molecule has 0 saturated heterocycles. The lowest BCUT2D eigenvalue weighted by Gasteiger charge is -2.00. The molecule has 0 aromatic carbocycles. The minimum Gasteiger partial charge on any atom is -0.249 e. The molecule has 1 rings (SSSR count). The molecule has 0 radical (unpaired) electrons. The Morgan fingerprint density at radius 1 is 1.70 bits per heavy atom.